The molecular formula is C15H12N2S. The van der Waals surface area contributed by atoms with E-state index in [9.17, 15) is 5.26 Å². The second kappa shape index (κ2) is 5.04. The lowest BCUT2D eigenvalue weighted by molar-refractivity contribution is 0.612. The molecule has 0 bridgehead atoms. The van der Waals surface area contributed by atoms with E-state index in [0.717, 1.165) is 5.56 Å². The van der Waals surface area contributed by atoms with E-state index in [0.29, 0.717) is 12.0 Å². The molecule has 2 aromatic rings. The van der Waals surface area contributed by atoms with Crippen molar-refractivity contribution in [3.63, 3.8) is 0 Å². The summed E-state index contributed by atoms with van der Waals surface area (Å²) in [5, 5.41) is 20.3. The third kappa shape index (κ3) is 2.42. The average molecular weight is 252 g/mol. The molecule has 2 rings (SSSR count). The minimum Gasteiger partial charge on any atom is -0.197 e. The molecule has 3 heteroatoms. The summed E-state index contributed by atoms with van der Waals surface area (Å²) in [6.45, 7) is 1.94. The van der Waals surface area contributed by atoms with Crippen LogP contribution in [0.25, 0.3) is 0 Å². The Balaban J connectivity index is 2.32. The van der Waals surface area contributed by atoms with Crippen LogP contribution in [-0.4, -0.2) is 0 Å². The summed E-state index contributed by atoms with van der Waals surface area (Å²) in [6, 6.07) is 15.8. The topological polar surface area (TPSA) is 47.6 Å². The van der Waals surface area contributed by atoms with Gasteiger partial charge in [0.25, 0.3) is 0 Å². The van der Waals surface area contributed by atoms with Crippen molar-refractivity contribution in [1.82, 2.24) is 0 Å². The molecule has 1 atom stereocenters. The van der Waals surface area contributed by atoms with E-state index in [1.165, 1.54) is 4.88 Å². The summed E-state index contributed by atoms with van der Waals surface area (Å²) >= 11 is 1.66. The number of hydrogen-bond acceptors (Lipinski definition) is 3. The fourth-order valence-corrected chi connectivity index (χ4v) is 2.74. The Morgan fingerprint density at radius 3 is 2.39 bits per heavy atom. The van der Waals surface area contributed by atoms with Crippen LogP contribution in [0.3, 0.4) is 0 Å². The fraction of sp³-hybridized carbons (Fsp3) is 0.200. The van der Waals surface area contributed by atoms with E-state index >= 15 is 0 Å². The van der Waals surface area contributed by atoms with E-state index in [1.54, 1.807) is 23.5 Å². The molecule has 2 nitrogen and oxygen atoms in total. The molecule has 0 saturated carbocycles. The molecule has 0 radical (unpaired) electrons. The summed E-state index contributed by atoms with van der Waals surface area (Å²) in [7, 11) is 0. The van der Waals surface area contributed by atoms with Gasteiger partial charge in [0.1, 0.15) is 0 Å². The molecule has 0 aliphatic carbocycles. The lowest BCUT2D eigenvalue weighted by Crippen LogP contribution is -2.22. The molecule has 1 heterocycles. The Kier molecular flexibility index (Phi) is 3.46. The highest BCUT2D eigenvalue weighted by molar-refractivity contribution is 7.09. The van der Waals surface area contributed by atoms with Gasteiger partial charge in [-0.1, -0.05) is 18.2 Å². The Labute approximate surface area is 111 Å². The third-order valence-corrected chi connectivity index (χ3v) is 3.88. The Morgan fingerprint density at radius 2 is 1.89 bits per heavy atom. The first kappa shape index (κ1) is 12.4. The predicted molar refractivity (Wildman–Crippen MR) is 72.1 cm³/mol. The molecule has 1 aromatic heterocycles. The van der Waals surface area contributed by atoms with Gasteiger partial charge in [0.2, 0.25) is 0 Å². The molecule has 0 N–H and O–H groups in total. The zero-order valence-electron chi connectivity index (χ0n) is 10.1. The second-order valence-electron chi connectivity index (χ2n) is 4.39. The van der Waals surface area contributed by atoms with E-state index < -0.39 is 5.41 Å². The van der Waals surface area contributed by atoms with E-state index in [1.807, 2.05) is 36.6 Å². The minimum absolute atomic E-state index is 0.543. The van der Waals surface area contributed by atoms with Gasteiger partial charge in [-0.25, -0.2) is 0 Å². The largest absolute Gasteiger partial charge is 0.197 e. The average Bonchev–Trinajstić information content (AvgIpc) is 2.91. The highest BCUT2D eigenvalue weighted by Crippen LogP contribution is 2.29. The maximum Gasteiger partial charge on any atom is 0.0991 e. The maximum atomic E-state index is 9.45. The van der Waals surface area contributed by atoms with Gasteiger partial charge in [-0.2, -0.15) is 10.5 Å². The standard InChI is InChI=1S/C15H12N2S/c1-15(11-17,9-14-3-2-8-18-14)13-6-4-12(10-16)5-7-13/h2-8H,9H2,1H3. The van der Waals surface area contributed by atoms with Crippen LogP contribution in [0.1, 0.15) is 22.9 Å². The fourth-order valence-electron chi connectivity index (χ4n) is 1.88. The van der Waals surface area contributed by atoms with Crippen LogP contribution in [0.4, 0.5) is 0 Å². The van der Waals surface area contributed by atoms with E-state index in [4.69, 9.17) is 5.26 Å². The van der Waals surface area contributed by atoms with Gasteiger partial charge < -0.3 is 0 Å². The molecular weight excluding hydrogens is 240 g/mol. The molecule has 0 saturated heterocycles. The number of nitrogens with zero attached hydrogens (tertiary/aromatic N) is 2. The van der Waals surface area contributed by atoms with Crippen LogP contribution >= 0.6 is 11.3 Å². The zero-order chi connectivity index (χ0) is 13.0. The lowest BCUT2D eigenvalue weighted by atomic mass is 9.80. The highest BCUT2D eigenvalue weighted by atomic mass is 32.1. The summed E-state index contributed by atoms with van der Waals surface area (Å²) in [4.78, 5) is 1.20. The molecule has 0 aliphatic rings. The van der Waals surface area contributed by atoms with Gasteiger partial charge in [0.15, 0.2) is 0 Å². The van der Waals surface area contributed by atoms with Crippen LogP contribution in [0.2, 0.25) is 0 Å². The van der Waals surface area contributed by atoms with Crippen molar-refractivity contribution in [1.29, 1.82) is 10.5 Å². The number of nitriles is 2. The first-order chi connectivity index (χ1) is 8.68. The molecule has 0 aliphatic heterocycles. The van der Waals surface area contributed by atoms with Crippen LogP contribution in [0, 0.1) is 22.7 Å². The Bertz CT molecular complexity index is 599. The van der Waals surface area contributed by atoms with Gasteiger partial charge in [-0.3, -0.25) is 0 Å². The van der Waals surface area contributed by atoms with Gasteiger partial charge in [-0.15, -0.1) is 11.3 Å². The molecule has 0 fully saturated rings. The van der Waals surface area contributed by atoms with Gasteiger partial charge >= 0.3 is 0 Å². The first-order valence-corrected chi connectivity index (χ1v) is 6.50. The van der Waals surface area contributed by atoms with Crippen molar-refractivity contribution >= 4 is 11.3 Å². The molecule has 1 unspecified atom stereocenters. The summed E-state index contributed by atoms with van der Waals surface area (Å²) < 4.78 is 0. The van der Waals surface area contributed by atoms with Gasteiger partial charge in [-0.05, 0) is 36.1 Å². The third-order valence-electron chi connectivity index (χ3n) is 3.01. The summed E-state index contributed by atoms with van der Waals surface area (Å²) in [5.74, 6) is 0. The lowest BCUT2D eigenvalue weighted by Gasteiger charge is -2.21. The van der Waals surface area contributed by atoms with Gasteiger partial charge in [0.05, 0.1) is 23.1 Å². The quantitative estimate of drug-likeness (QED) is 0.837. The van der Waals surface area contributed by atoms with Crippen LogP contribution in [0.5, 0.6) is 0 Å². The van der Waals surface area contributed by atoms with Crippen molar-refractivity contribution in [2.45, 2.75) is 18.8 Å². The van der Waals surface area contributed by atoms with E-state index in [2.05, 4.69) is 12.1 Å². The number of thiophene rings is 1. The van der Waals surface area contributed by atoms with Crippen LogP contribution in [-0.2, 0) is 11.8 Å². The van der Waals surface area contributed by atoms with Crippen molar-refractivity contribution in [3.8, 4) is 12.1 Å². The van der Waals surface area contributed by atoms with Crippen molar-refractivity contribution < 1.29 is 0 Å². The number of hydrogen-bond donors (Lipinski definition) is 0. The minimum atomic E-state index is -0.543. The highest BCUT2D eigenvalue weighted by Gasteiger charge is 2.27. The molecule has 88 valence electrons. The molecule has 0 amide bonds. The first-order valence-electron chi connectivity index (χ1n) is 5.62. The molecule has 0 spiro atoms. The van der Waals surface area contributed by atoms with Crippen molar-refractivity contribution in [3.05, 3.63) is 57.8 Å². The maximum absolute atomic E-state index is 9.45. The number of rotatable bonds is 3. The second-order valence-corrected chi connectivity index (χ2v) is 5.42. The predicted octanol–water partition coefficient (Wildman–Crippen LogP) is 3.64. The SMILES string of the molecule is CC(C#N)(Cc1cccs1)c1ccc(C#N)cc1. The molecule has 1 aromatic carbocycles. The molecule has 18 heavy (non-hydrogen) atoms. The van der Waals surface area contributed by atoms with Crippen molar-refractivity contribution in [2.75, 3.05) is 0 Å². The van der Waals surface area contributed by atoms with Crippen LogP contribution < -0.4 is 0 Å². The Hall–Kier alpha value is -2.10. The van der Waals surface area contributed by atoms with Gasteiger partial charge in [0, 0.05) is 11.3 Å². The Morgan fingerprint density at radius 1 is 1.17 bits per heavy atom. The van der Waals surface area contributed by atoms with E-state index in [-0.39, 0.29) is 0 Å². The summed E-state index contributed by atoms with van der Waals surface area (Å²) in [5.41, 5.74) is 1.03. The zero-order valence-corrected chi connectivity index (χ0v) is 10.9. The summed E-state index contributed by atoms with van der Waals surface area (Å²) in [6.07, 6.45) is 0.701. The van der Waals surface area contributed by atoms with Crippen molar-refractivity contribution in [2.24, 2.45) is 0 Å². The number of benzene rings is 1. The normalized spacial score (nSPS) is 13.3. The smallest absolute Gasteiger partial charge is 0.0991 e. The monoisotopic (exact) mass is 252 g/mol. The van der Waals surface area contributed by atoms with Crippen LogP contribution in [0.15, 0.2) is 41.8 Å².